The summed E-state index contributed by atoms with van der Waals surface area (Å²) in [6.45, 7) is 0.285. The van der Waals surface area contributed by atoms with E-state index in [9.17, 15) is 4.79 Å². The monoisotopic (exact) mass is 344 g/mol. The third-order valence-corrected chi connectivity index (χ3v) is 3.87. The Bertz CT molecular complexity index is 1040. The van der Waals surface area contributed by atoms with Gasteiger partial charge in [-0.3, -0.25) is 9.20 Å². The number of aromatic nitrogens is 3. The molecular weight excluding hydrogens is 328 g/mol. The topological polar surface area (TPSA) is 68.5 Å². The highest BCUT2D eigenvalue weighted by Crippen LogP contribution is 2.21. The SMILES string of the molecule is O=C(NCc1nnc2ccccn12)c1cccc(Oc2ccccc2)c1. The molecule has 4 aromatic rings. The van der Waals surface area contributed by atoms with Crippen molar-refractivity contribution in [1.29, 1.82) is 0 Å². The zero-order valence-corrected chi connectivity index (χ0v) is 13.9. The number of nitrogens with zero attached hydrogens (tertiary/aromatic N) is 3. The van der Waals surface area contributed by atoms with Crippen LogP contribution in [0.15, 0.2) is 79.0 Å². The lowest BCUT2D eigenvalue weighted by Gasteiger charge is -2.08. The van der Waals surface area contributed by atoms with Gasteiger partial charge in [0.1, 0.15) is 11.5 Å². The molecule has 1 N–H and O–H groups in total. The van der Waals surface area contributed by atoms with Gasteiger partial charge in [-0.05, 0) is 42.5 Å². The molecule has 26 heavy (non-hydrogen) atoms. The van der Waals surface area contributed by atoms with Crippen molar-refractivity contribution in [2.75, 3.05) is 0 Å². The Hall–Kier alpha value is -3.67. The second kappa shape index (κ2) is 7.06. The highest BCUT2D eigenvalue weighted by Gasteiger charge is 2.10. The van der Waals surface area contributed by atoms with Crippen LogP contribution < -0.4 is 10.1 Å². The molecule has 0 unspecified atom stereocenters. The van der Waals surface area contributed by atoms with E-state index in [2.05, 4.69) is 15.5 Å². The molecule has 6 nitrogen and oxygen atoms in total. The maximum atomic E-state index is 12.5. The van der Waals surface area contributed by atoms with Crippen LogP contribution in [0.3, 0.4) is 0 Å². The number of fused-ring (bicyclic) bond motifs is 1. The first-order valence-electron chi connectivity index (χ1n) is 8.19. The molecule has 0 aliphatic carbocycles. The molecular formula is C20H16N4O2. The summed E-state index contributed by atoms with van der Waals surface area (Å²) >= 11 is 0. The average Bonchev–Trinajstić information content (AvgIpc) is 3.10. The molecule has 0 aliphatic heterocycles. The Morgan fingerprint density at radius 1 is 0.923 bits per heavy atom. The maximum absolute atomic E-state index is 12.5. The second-order valence-corrected chi connectivity index (χ2v) is 5.67. The summed E-state index contributed by atoms with van der Waals surface area (Å²) in [5, 5.41) is 11.0. The van der Waals surface area contributed by atoms with Gasteiger partial charge in [-0.15, -0.1) is 10.2 Å². The van der Waals surface area contributed by atoms with Gasteiger partial charge in [0.25, 0.3) is 5.91 Å². The van der Waals surface area contributed by atoms with E-state index in [0.717, 1.165) is 11.4 Å². The van der Waals surface area contributed by atoms with Crippen LogP contribution in [0.2, 0.25) is 0 Å². The highest BCUT2D eigenvalue weighted by molar-refractivity contribution is 5.94. The first kappa shape index (κ1) is 15.8. The summed E-state index contributed by atoms with van der Waals surface area (Å²) in [6.07, 6.45) is 1.87. The Morgan fingerprint density at radius 3 is 2.62 bits per heavy atom. The van der Waals surface area contributed by atoms with Crippen molar-refractivity contribution < 1.29 is 9.53 Å². The number of hydrogen-bond acceptors (Lipinski definition) is 4. The summed E-state index contributed by atoms with van der Waals surface area (Å²) in [6, 6.07) is 22.2. The molecule has 2 aromatic carbocycles. The van der Waals surface area contributed by atoms with Crippen LogP contribution >= 0.6 is 0 Å². The Balaban J connectivity index is 1.45. The van der Waals surface area contributed by atoms with Crippen LogP contribution in [0.4, 0.5) is 0 Å². The molecule has 1 amide bonds. The number of pyridine rings is 1. The molecule has 128 valence electrons. The average molecular weight is 344 g/mol. The summed E-state index contributed by atoms with van der Waals surface area (Å²) in [7, 11) is 0. The lowest BCUT2D eigenvalue weighted by atomic mass is 10.2. The Morgan fingerprint density at radius 2 is 1.73 bits per heavy atom. The van der Waals surface area contributed by atoms with Crippen LogP contribution in [0, 0.1) is 0 Å². The lowest BCUT2D eigenvalue weighted by Crippen LogP contribution is -2.24. The number of carbonyl (C=O) groups is 1. The molecule has 0 radical (unpaired) electrons. The van der Waals surface area contributed by atoms with Crippen molar-refractivity contribution in [2.45, 2.75) is 6.54 Å². The van der Waals surface area contributed by atoms with Crippen LogP contribution in [0.5, 0.6) is 11.5 Å². The van der Waals surface area contributed by atoms with E-state index in [1.165, 1.54) is 0 Å². The molecule has 0 saturated carbocycles. The molecule has 6 heteroatoms. The van der Waals surface area contributed by atoms with Crippen molar-refractivity contribution in [3.63, 3.8) is 0 Å². The fourth-order valence-corrected chi connectivity index (χ4v) is 2.60. The normalized spacial score (nSPS) is 10.6. The highest BCUT2D eigenvalue weighted by atomic mass is 16.5. The van der Waals surface area contributed by atoms with Gasteiger partial charge in [-0.25, -0.2) is 0 Å². The van der Waals surface area contributed by atoms with Gasteiger partial charge in [0.15, 0.2) is 11.5 Å². The zero-order valence-electron chi connectivity index (χ0n) is 13.9. The van der Waals surface area contributed by atoms with Crippen molar-refractivity contribution in [1.82, 2.24) is 19.9 Å². The van der Waals surface area contributed by atoms with E-state index >= 15 is 0 Å². The smallest absolute Gasteiger partial charge is 0.251 e. The van der Waals surface area contributed by atoms with E-state index < -0.39 is 0 Å². The van der Waals surface area contributed by atoms with Crippen LogP contribution in [-0.2, 0) is 6.54 Å². The molecule has 0 atom stereocenters. The largest absolute Gasteiger partial charge is 0.457 e. The van der Waals surface area contributed by atoms with Crippen molar-refractivity contribution in [3.05, 3.63) is 90.4 Å². The molecule has 0 bridgehead atoms. The standard InChI is InChI=1S/C20H16N4O2/c25-20(21-14-19-23-22-18-11-4-5-12-24(18)19)15-7-6-10-17(13-15)26-16-8-2-1-3-9-16/h1-13H,14H2,(H,21,25). The summed E-state index contributed by atoms with van der Waals surface area (Å²) in [5.41, 5.74) is 1.27. The molecule has 0 aliphatic rings. The van der Waals surface area contributed by atoms with E-state index in [4.69, 9.17) is 4.74 Å². The summed E-state index contributed by atoms with van der Waals surface area (Å²) < 4.78 is 7.61. The third kappa shape index (κ3) is 3.39. The minimum absolute atomic E-state index is 0.198. The lowest BCUT2D eigenvalue weighted by molar-refractivity contribution is 0.0949. The Labute approximate surface area is 150 Å². The number of nitrogens with one attached hydrogen (secondary N) is 1. The summed E-state index contributed by atoms with van der Waals surface area (Å²) in [5.74, 6) is 1.80. The van der Waals surface area contributed by atoms with Gasteiger partial charge >= 0.3 is 0 Å². The minimum Gasteiger partial charge on any atom is -0.457 e. The van der Waals surface area contributed by atoms with Gasteiger partial charge < -0.3 is 10.1 Å². The number of rotatable bonds is 5. The fourth-order valence-electron chi connectivity index (χ4n) is 2.60. The van der Waals surface area contributed by atoms with Gasteiger partial charge in [0, 0.05) is 11.8 Å². The third-order valence-electron chi connectivity index (χ3n) is 3.87. The number of hydrogen-bond donors (Lipinski definition) is 1. The number of para-hydroxylation sites is 1. The van der Waals surface area contributed by atoms with Gasteiger partial charge in [0.2, 0.25) is 0 Å². The molecule has 0 spiro atoms. The van der Waals surface area contributed by atoms with Gasteiger partial charge in [-0.1, -0.05) is 30.3 Å². The van der Waals surface area contributed by atoms with Gasteiger partial charge in [-0.2, -0.15) is 0 Å². The zero-order chi connectivity index (χ0) is 17.8. The Kier molecular flexibility index (Phi) is 4.30. The van der Waals surface area contributed by atoms with Crippen LogP contribution in [-0.4, -0.2) is 20.5 Å². The van der Waals surface area contributed by atoms with Crippen LogP contribution in [0.1, 0.15) is 16.2 Å². The molecule has 0 saturated heterocycles. The van der Waals surface area contributed by atoms with Gasteiger partial charge in [0.05, 0.1) is 6.54 Å². The number of benzene rings is 2. The van der Waals surface area contributed by atoms with Crippen molar-refractivity contribution in [3.8, 4) is 11.5 Å². The van der Waals surface area contributed by atoms with E-state index in [1.807, 2.05) is 65.2 Å². The van der Waals surface area contributed by atoms with Crippen LogP contribution in [0.25, 0.3) is 5.65 Å². The van der Waals surface area contributed by atoms with Crippen molar-refractivity contribution >= 4 is 11.6 Å². The maximum Gasteiger partial charge on any atom is 0.251 e. The van der Waals surface area contributed by atoms with E-state index in [-0.39, 0.29) is 12.5 Å². The van der Waals surface area contributed by atoms with E-state index in [1.54, 1.807) is 18.2 Å². The van der Waals surface area contributed by atoms with Crippen molar-refractivity contribution in [2.24, 2.45) is 0 Å². The first-order chi connectivity index (χ1) is 12.8. The predicted molar refractivity (Wildman–Crippen MR) is 97.1 cm³/mol. The summed E-state index contributed by atoms with van der Waals surface area (Å²) in [4.78, 5) is 12.5. The minimum atomic E-state index is -0.198. The quantitative estimate of drug-likeness (QED) is 0.602. The molecule has 4 rings (SSSR count). The number of carbonyl (C=O) groups excluding carboxylic acids is 1. The van der Waals surface area contributed by atoms with E-state index in [0.29, 0.717) is 17.1 Å². The number of ether oxygens (including phenoxy) is 1. The molecule has 2 aromatic heterocycles. The molecule has 0 fully saturated rings. The first-order valence-corrected chi connectivity index (χ1v) is 8.19. The predicted octanol–water partition coefficient (Wildman–Crippen LogP) is 3.45. The molecule has 2 heterocycles. The number of amides is 1. The second-order valence-electron chi connectivity index (χ2n) is 5.67. The fraction of sp³-hybridized carbons (Fsp3) is 0.0500.